The van der Waals surface area contributed by atoms with Gasteiger partial charge in [-0.05, 0) is 48.9 Å². The quantitative estimate of drug-likeness (QED) is 0.415. The monoisotopic (exact) mass is 502 g/mol. The fourth-order valence-corrected chi connectivity index (χ4v) is 4.56. The van der Waals surface area contributed by atoms with E-state index in [1.54, 1.807) is 6.07 Å². The van der Waals surface area contributed by atoms with E-state index in [9.17, 15) is 13.6 Å². The van der Waals surface area contributed by atoms with E-state index < -0.39 is 17.7 Å². The summed E-state index contributed by atoms with van der Waals surface area (Å²) in [5, 5.41) is 6.98. The number of nitrogens with one attached hydrogen (secondary N) is 1. The summed E-state index contributed by atoms with van der Waals surface area (Å²) in [6.45, 7) is 1.81. The Morgan fingerprint density at radius 2 is 1.88 bits per heavy atom. The third-order valence-corrected chi connectivity index (χ3v) is 6.29. The molecule has 0 saturated carbocycles. The van der Waals surface area contributed by atoms with Crippen LogP contribution < -0.4 is 10.9 Å². The minimum absolute atomic E-state index is 0.0147. The Bertz CT molecular complexity index is 1460. The molecule has 0 saturated heterocycles. The maximum Gasteiger partial charge on any atom is 0.284 e. The van der Waals surface area contributed by atoms with Crippen LogP contribution in [-0.2, 0) is 13.0 Å². The second-order valence-corrected chi connectivity index (χ2v) is 8.84. The molecule has 0 radical (unpaired) electrons. The topological polar surface area (TPSA) is 75.9 Å². The molecule has 3 heterocycles. The summed E-state index contributed by atoms with van der Waals surface area (Å²) in [7, 11) is 2.05. The van der Waals surface area contributed by atoms with Crippen LogP contribution in [0.5, 0.6) is 0 Å². The van der Waals surface area contributed by atoms with Crippen molar-refractivity contribution in [3.63, 3.8) is 0 Å². The molecular formula is C23H18Cl2F2N6O. The van der Waals surface area contributed by atoms with Gasteiger partial charge in [-0.3, -0.25) is 4.79 Å². The lowest BCUT2D eigenvalue weighted by molar-refractivity contribution is 0.145. The van der Waals surface area contributed by atoms with Gasteiger partial charge in [0.1, 0.15) is 11.2 Å². The smallest absolute Gasteiger partial charge is 0.284 e. The zero-order valence-electron chi connectivity index (χ0n) is 17.9. The van der Waals surface area contributed by atoms with Crippen LogP contribution in [0, 0.1) is 0 Å². The first kappa shape index (κ1) is 22.6. The van der Waals surface area contributed by atoms with E-state index in [1.165, 1.54) is 29.5 Å². The van der Waals surface area contributed by atoms with Gasteiger partial charge in [0, 0.05) is 25.0 Å². The molecule has 174 valence electrons. The van der Waals surface area contributed by atoms with Crippen LogP contribution in [-0.4, -0.2) is 38.2 Å². The predicted molar refractivity (Wildman–Crippen MR) is 128 cm³/mol. The van der Waals surface area contributed by atoms with Crippen molar-refractivity contribution in [1.29, 1.82) is 0 Å². The number of rotatable bonds is 4. The predicted octanol–water partition coefficient (Wildman–Crippen LogP) is 5.15. The van der Waals surface area contributed by atoms with E-state index in [1.807, 2.05) is 18.2 Å². The van der Waals surface area contributed by atoms with Crippen molar-refractivity contribution in [1.82, 2.24) is 24.6 Å². The third kappa shape index (κ3) is 4.11. The molecule has 1 aliphatic rings. The molecule has 2 aromatic heterocycles. The van der Waals surface area contributed by atoms with E-state index >= 15 is 0 Å². The summed E-state index contributed by atoms with van der Waals surface area (Å²) in [4.78, 5) is 23.7. The lowest BCUT2D eigenvalue weighted by atomic mass is 9.99. The van der Waals surface area contributed by atoms with Gasteiger partial charge in [0.25, 0.3) is 12.0 Å². The van der Waals surface area contributed by atoms with E-state index in [2.05, 4.69) is 32.3 Å². The van der Waals surface area contributed by atoms with Gasteiger partial charge in [-0.2, -0.15) is 9.78 Å². The maximum atomic E-state index is 14.0. The van der Waals surface area contributed by atoms with Crippen molar-refractivity contribution in [2.45, 2.75) is 19.4 Å². The highest BCUT2D eigenvalue weighted by molar-refractivity contribution is 6.37. The van der Waals surface area contributed by atoms with Crippen LogP contribution in [0.4, 0.5) is 20.4 Å². The Labute approximate surface area is 203 Å². The Kier molecular flexibility index (Phi) is 5.93. The zero-order chi connectivity index (χ0) is 24.0. The number of para-hydroxylation sites is 1. The van der Waals surface area contributed by atoms with Crippen LogP contribution in [0.1, 0.15) is 23.2 Å². The van der Waals surface area contributed by atoms with Crippen LogP contribution in [0.25, 0.3) is 16.6 Å². The summed E-state index contributed by atoms with van der Waals surface area (Å²) >= 11 is 12.4. The molecule has 1 N–H and O–H groups in total. The molecule has 0 aliphatic carbocycles. The molecule has 0 fully saturated rings. The van der Waals surface area contributed by atoms with E-state index in [0.717, 1.165) is 29.9 Å². The molecule has 4 aromatic rings. The first-order valence-corrected chi connectivity index (χ1v) is 11.2. The maximum absolute atomic E-state index is 14.0. The molecule has 0 bridgehead atoms. The summed E-state index contributed by atoms with van der Waals surface area (Å²) in [6, 6.07) is 10.5. The fraction of sp³-hybridized carbons (Fsp3) is 0.217. The molecular weight excluding hydrogens is 485 g/mol. The Morgan fingerprint density at radius 3 is 2.62 bits per heavy atom. The van der Waals surface area contributed by atoms with Crippen molar-refractivity contribution in [3.8, 4) is 5.69 Å². The van der Waals surface area contributed by atoms with Crippen molar-refractivity contribution in [3.05, 3.63) is 79.8 Å². The number of hydrogen-bond donors (Lipinski definition) is 1. The van der Waals surface area contributed by atoms with E-state index in [4.69, 9.17) is 23.2 Å². The van der Waals surface area contributed by atoms with Gasteiger partial charge in [0.15, 0.2) is 5.69 Å². The third-order valence-electron chi connectivity index (χ3n) is 5.68. The first-order valence-electron chi connectivity index (χ1n) is 10.4. The average Bonchev–Trinajstić information content (AvgIpc) is 2.80. The van der Waals surface area contributed by atoms with Crippen molar-refractivity contribution in [2.75, 3.05) is 18.9 Å². The van der Waals surface area contributed by atoms with Crippen LogP contribution in [0.15, 0.2) is 47.4 Å². The summed E-state index contributed by atoms with van der Waals surface area (Å²) in [6.07, 6.45) is -0.838. The second kappa shape index (κ2) is 8.90. The summed E-state index contributed by atoms with van der Waals surface area (Å²) < 4.78 is 28.7. The molecule has 7 nitrogen and oxygen atoms in total. The van der Waals surface area contributed by atoms with Crippen LogP contribution in [0.2, 0.25) is 10.0 Å². The van der Waals surface area contributed by atoms with Gasteiger partial charge in [0.05, 0.1) is 15.4 Å². The number of aromatic nitrogens is 4. The molecule has 11 heteroatoms. The lowest BCUT2D eigenvalue weighted by Crippen LogP contribution is -2.26. The van der Waals surface area contributed by atoms with Crippen LogP contribution in [0.3, 0.4) is 0 Å². The largest absolute Gasteiger partial charge is 0.324 e. The normalized spacial score (nSPS) is 13.9. The van der Waals surface area contributed by atoms with Crippen molar-refractivity contribution in [2.24, 2.45) is 0 Å². The van der Waals surface area contributed by atoms with Gasteiger partial charge < -0.3 is 10.2 Å². The van der Waals surface area contributed by atoms with Crippen molar-refractivity contribution >= 4 is 45.7 Å². The molecule has 5 rings (SSSR count). The zero-order valence-corrected chi connectivity index (χ0v) is 19.4. The minimum atomic E-state index is -3.00. The number of alkyl halides is 2. The highest BCUT2D eigenvalue weighted by Gasteiger charge is 2.23. The Hall–Kier alpha value is -3.14. The lowest BCUT2D eigenvalue weighted by Gasteiger charge is -2.25. The summed E-state index contributed by atoms with van der Waals surface area (Å²) in [5.41, 5.74) is 1.55. The fourth-order valence-electron chi connectivity index (χ4n) is 4.00. The number of nitrogens with zero attached hydrogens (tertiary/aromatic N) is 5. The Morgan fingerprint density at radius 1 is 1.12 bits per heavy atom. The molecule has 0 atom stereocenters. The SMILES string of the molecule is CN1CCc2ccc(Nc3ncc4c(=O)n(-c5c(Cl)cccc5Cl)nc(C(F)F)c4n3)cc2C1. The number of benzene rings is 2. The number of anilines is 2. The van der Waals surface area contributed by atoms with E-state index in [-0.39, 0.29) is 32.6 Å². The molecule has 0 amide bonds. The van der Waals surface area contributed by atoms with Gasteiger partial charge in [-0.15, -0.1) is 0 Å². The number of halogens is 4. The van der Waals surface area contributed by atoms with Crippen molar-refractivity contribution < 1.29 is 8.78 Å². The summed E-state index contributed by atoms with van der Waals surface area (Å²) in [5.74, 6) is 0.0771. The first-order chi connectivity index (χ1) is 16.3. The van der Waals surface area contributed by atoms with Gasteiger partial charge in [-0.25, -0.2) is 18.7 Å². The molecule has 34 heavy (non-hydrogen) atoms. The molecule has 0 spiro atoms. The van der Waals surface area contributed by atoms with E-state index in [0.29, 0.717) is 0 Å². The number of fused-ring (bicyclic) bond motifs is 2. The molecule has 0 unspecified atom stereocenters. The molecule has 1 aliphatic heterocycles. The minimum Gasteiger partial charge on any atom is -0.324 e. The number of likely N-dealkylation sites (N-methyl/N-ethyl adjacent to an activating group) is 1. The van der Waals surface area contributed by atoms with Crippen LogP contribution >= 0.6 is 23.2 Å². The standard InChI is InChI=1S/C23H18Cl2F2N6O/c1-32-8-7-12-5-6-14(9-13(12)11-32)29-23-28-10-15-18(30-23)19(21(26)27)31-33(22(15)34)20-16(24)3-2-4-17(20)25/h2-6,9-10,21H,7-8,11H2,1H3,(H,28,29,30). The Balaban J connectivity index is 1.59. The van der Waals surface area contributed by atoms with Gasteiger partial charge in [0.2, 0.25) is 5.95 Å². The van der Waals surface area contributed by atoms with Gasteiger partial charge >= 0.3 is 0 Å². The molecule has 2 aromatic carbocycles. The second-order valence-electron chi connectivity index (χ2n) is 8.03. The number of hydrogen-bond acceptors (Lipinski definition) is 6. The highest BCUT2D eigenvalue weighted by atomic mass is 35.5. The highest BCUT2D eigenvalue weighted by Crippen LogP contribution is 2.30. The average molecular weight is 503 g/mol. The van der Waals surface area contributed by atoms with Gasteiger partial charge in [-0.1, -0.05) is 35.3 Å².